The molecule has 6 heteroatoms. The van der Waals surface area contributed by atoms with E-state index >= 15 is 0 Å². The SMILES string of the molecule is COc1cccc(C(C(=O)O)N(C)Cc2cnn(C)c2)c1. The van der Waals surface area contributed by atoms with Crippen LogP contribution < -0.4 is 4.74 Å². The Morgan fingerprint density at radius 1 is 1.52 bits per heavy atom. The van der Waals surface area contributed by atoms with Gasteiger partial charge in [0.05, 0.1) is 13.3 Å². The monoisotopic (exact) mass is 289 g/mol. The van der Waals surface area contributed by atoms with Crippen molar-refractivity contribution in [2.24, 2.45) is 7.05 Å². The summed E-state index contributed by atoms with van der Waals surface area (Å²) >= 11 is 0. The van der Waals surface area contributed by atoms with E-state index in [4.69, 9.17) is 4.74 Å². The topological polar surface area (TPSA) is 67.6 Å². The maximum Gasteiger partial charge on any atom is 0.325 e. The Bertz CT molecular complexity index is 624. The summed E-state index contributed by atoms with van der Waals surface area (Å²) in [5, 5.41) is 13.6. The number of carboxylic acids is 1. The number of nitrogens with zero attached hydrogens (tertiary/aromatic N) is 3. The second kappa shape index (κ2) is 6.41. The second-order valence-electron chi connectivity index (χ2n) is 4.95. The highest BCUT2D eigenvalue weighted by Crippen LogP contribution is 2.25. The lowest BCUT2D eigenvalue weighted by atomic mass is 10.0. The summed E-state index contributed by atoms with van der Waals surface area (Å²) in [7, 11) is 5.18. The number of aromatic nitrogens is 2. The maximum absolute atomic E-state index is 11.6. The lowest BCUT2D eigenvalue weighted by Crippen LogP contribution is -2.30. The number of hydrogen-bond acceptors (Lipinski definition) is 4. The molecule has 0 saturated heterocycles. The smallest absolute Gasteiger partial charge is 0.325 e. The van der Waals surface area contributed by atoms with Gasteiger partial charge < -0.3 is 9.84 Å². The van der Waals surface area contributed by atoms with Crippen LogP contribution >= 0.6 is 0 Å². The Hall–Kier alpha value is -2.34. The van der Waals surface area contributed by atoms with Gasteiger partial charge in [-0.25, -0.2) is 0 Å². The maximum atomic E-state index is 11.6. The number of hydrogen-bond donors (Lipinski definition) is 1. The average molecular weight is 289 g/mol. The summed E-state index contributed by atoms with van der Waals surface area (Å²) in [6, 6.07) is 6.39. The van der Waals surface area contributed by atoms with Crippen molar-refractivity contribution in [1.82, 2.24) is 14.7 Å². The minimum absolute atomic E-state index is 0.502. The highest BCUT2D eigenvalue weighted by Gasteiger charge is 2.25. The number of rotatable bonds is 6. The van der Waals surface area contributed by atoms with E-state index in [0.29, 0.717) is 17.9 Å². The molecule has 0 saturated carbocycles. The molecule has 21 heavy (non-hydrogen) atoms. The van der Waals surface area contributed by atoms with Crippen molar-refractivity contribution in [3.05, 3.63) is 47.8 Å². The van der Waals surface area contributed by atoms with Gasteiger partial charge in [-0.05, 0) is 24.7 Å². The van der Waals surface area contributed by atoms with Crippen molar-refractivity contribution in [3.63, 3.8) is 0 Å². The first kappa shape index (κ1) is 15.1. The zero-order chi connectivity index (χ0) is 15.4. The number of carbonyl (C=O) groups is 1. The molecule has 6 nitrogen and oxygen atoms in total. The number of aliphatic carboxylic acids is 1. The van der Waals surface area contributed by atoms with Crippen molar-refractivity contribution < 1.29 is 14.6 Å². The zero-order valence-corrected chi connectivity index (χ0v) is 12.4. The minimum atomic E-state index is -0.894. The van der Waals surface area contributed by atoms with E-state index in [0.717, 1.165) is 5.56 Å². The van der Waals surface area contributed by atoms with Gasteiger partial charge >= 0.3 is 5.97 Å². The van der Waals surface area contributed by atoms with Gasteiger partial charge in [-0.15, -0.1) is 0 Å². The van der Waals surface area contributed by atoms with E-state index in [1.165, 1.54) is 0 Å². The van der Waals surface area contributed by atoms with Gasteiger partial charge in [0.15, 0.2) is 0 Å². The Labute approximate surface area is 123 Å². The Kier molecular flexibility index (Phi) is 4.59. The van der Waals surface area contributed by atoms with Crippen molar-refractivity contribution in [1.29, 1.82) is 0 Å². The van der Waals surface area contributed by atoms with E-state index in [-0.39, 0.29) is 0 Å². The molecule has 112 valence electrons. The van der Waals surface area contributed by atoms with Gasteiger partial charge in [0.25, 0.3) is 0 Å². The van der Waals surface area contributed by atoms with Crippen LogP contribution in [0.4, 0.5) is 0 Å². The summed E-state index contributed by atoms with van der Waals surface area (Å²) in [6.45, 7) is 0.502. The fourth-order valence-corrected chi connectivity index (χ4v) is 2.33. The molecular formula is C15H19N3O3. The number of methoxy groups -OCH3 is 1. The van der Waals surface area contributed by atoms with Crippen LogP contribution in [0.15, 0.2) is 36.7 Å². The number of carboxylic acid groups (broad SMARTS) is 1. The fraction of sp³-hybridized carbons (Fsp3) is 0.333. The van der Waals surface area contributed by atoms with Crippen LogP contribution in [-0.4, -0.2) is 39.9 Å². The molecule has 1 heterocycles. The molecule has 1 N–H and O–H groups in total. The quantitative estimate of drug-likeness (QED) is 0.876. The lowest BCUT2D eigenvalue weighted by molar-refractivity contribution is -0.143. The molecule has 0 aliphatic heterocycles. The van der Waals surface area contributed by atoms with Gasteiger partial charge in [0.1, 0.15) is 11.8 Å². The molecule has 0 bridgehead atoms. The number of ether oxygens (including phenoxy) is 1. The van der Waals surface area contributed by atoms with Gasteiger partial charge in [0, 0.05) is 25.4 Å². The lowest BCUT2D eigenvalue weighted by Gasteiger charge is -2.24. The van der Waals surface area contributed by atoms with Crippen LogP contribution in [0.3, 0.4) is 0 Å². The van der Waals surface area contributed by atoms with Crippen molar-refractivity contribution >= 4 is 5.97 Å². The summed E-state index contributed by atoms with van der Waals surface area (Å²) in [5.41, 5.74) is 1.65. The highest BCUT2D eigenvalue weighted by atomic mass is 16.5. The third-order valence-electron chi connectivity index (χ3n) is 3.27. The number of aryl methyl sites for hydroxylation is 1. The molecule has 0 amide bonds. The van der Waals surface area contributed by atoms with E-state index in [9.17, 15) is 9.90 Å². The first-order chi connectivity index (χ1) is 10.0. The third-order valence-corrected chi connectivity index (χ3v) is 3.27. The third kappa shape index (κ3) is 3.61. The second-order valence-corrected chi connectivity index (χ2v) is 4.95. The van der Waals surface area contributed by atoms with Crippen LogP contribution in [0.25, 0.3) is 0 Å². The number of likely N-dealkylation sites (N-methyl/N-ethyl adjacent to an activating group) is 1. The van der Waals surface area contributed by atoms with E-state index in [1.54, 1.807) is 54.2 Å². The zero-order valence-electron chi connectivity index (χ0n) is 12.4. The summed E-state index contributed by atoms with van der Waals surface area (Å²) in [6.07, 6.45) is 3.61. The molecule has 1 aromatic heterocycles. The van der Waals surface area contributed by atoms with E-state index < -0.39 is 12.0 Å². The average Bonchev–Trinajstić information content (AvgIpc) is 2.84. The first-order valence-corrected chi connectivity index (χ1v) is 6.55. The van der Waals surface area contributed by atoms with Crippen molar-refractivity contribution in [2.75, 3.05) is 14.2 Å². The van der Waals surface area contributed by atoms with Crippen LogP contribution in [0, 0.1) is 0 Å². The number of benzene rings is 1. The fourth-order valence-electron chi connectivity index (χ4n) is 2.33. The molecule has 1 atom stereocenters. The van der Waals surface area contributed by atoms with Gasteiger partial charge in [-0.3, -0.25) is 14.4 Å². The molecule has 0 radical (unpaired) electrons. The summed E-state index contributed by atoms with van der Waals surface area (Å²) in [4.78, 5) is 13.4. The van der Waals surface area contributed by atoms with Crippen LogP contribution in [0.1, 0.15) is 17.2 Å². The highest BCUT2D eigenvalue weighted by molar-refractivity contribution is 5.75. The van der Waals surface area contributed by atoms with Crippen molar-refractivity contribution in [3.8, 4) is 5.75 Å². The molecule has 0 fully saturated rings. The van der Waals surface area contributed by atoms with Gasteiger partial charge in [0.2, 0.25) is 0 Å². The van der Waals surface area contributed by atoms with Gasteiger partial charge in [-0.1, -0.05) is 12.1 Å². The normalized spacial score (nSPS) is 12.4. The Morgan fingerprint density at radius 2 is 2.29 bits per heavy atom. The minimum Gasteiger partial charge on any atom is -0.497 e. The Morgan fingerprint density at radius 3 is 2.86 bits per heavy atom. The Balaban J connectivity index is 2.23. The van der Waals surface area contributed by atoms with Gasteiger partial charge in [-0.2, -0.15) is 5.10 Å². The largest absolute Gasteiger partial charge is 0.497 e. The molecule has 2 rings (SSSR count). The van der Waals surface area contributed by atoms with Crippen LogP contribution in [0.5, 0.6) is 5.75 Å². The van der Waals surface area contributed by atoms with Crippen LogP contribution in [-0.2, 0) is 18.4 Å². The van der Waals surface area contributed by atoms with Crippen LogP contribution in [0.2, 0.25) is 0 Å². The predicted octanol–water partition coefficient (Wildman–Crippen LogP) is 1.69. The summed E-state index contributed by atoms with van der Waals surface area (Å²) < 4.78 is 6.86. The molecule has 0 spiro atoms. The molecule has 0 aliphatic rings. The first-order valence-electron chi connectivity index (χ1n) is 6.55. The summed E-state index contributed by atoms with van der Waals surface area (Å²) in [5.74, 6) is -0.247. The van der Waals surface area contributed by atoms with E-state index in [1.807, 2.05) is 13.2 Å². The standard InChI is InChI=1S/C15H19N3O3/c1-17(9-11-8-16-18(2)10-11)14(15(19)20)12-5-4-6-13(7-12)21-3/h4-8,10,14H,9H2,1-3H3,(H,19,20). The van der Waals surface area contributed by atoms with E-state index in [2.05, 4.69) is 5.10 Å². The molecule has 1 aromatic carbocycles. The molecule has 0 aliphatic carbocycles. The predicted molar refractivity (Wildman–Crippen MR) is 78.0 cm³/mol. The molecule has 2 aromatic rings. The van der Waals surface area contributed by atoms with Crippen molar-refractivity contribution in [2.45, 2.75) is 12.6 Å². The molecular weight excluding hydrogens is 270 g/mol. The molecule has 1 unspecified atom stereocenters.